The van der Waals surface area contributed by atoms with Crippen molar-refractivity contribution in [1.82, 2.24) is 0 Å². The number of rotatable bonds is 4. The van der Waals surface area contributed by atoms with Gasteiger partial charge in [0.2, 0.25) is 0 Å². The molecule has 2 aliphatic heterocycles. The molecule has 8 aromatic carbocycles. The summed E-state index contributed by atoms with van der Waals surface area (Å²) in [4.78, 5) is 4.91. The van der Waals surface area contributed by atoms with Gasteiger partial charge < -0.3 is 9.80 Å². The molecule has 280 valence electrons. The van der Waals surface area contributed by atoms with Gasteiger partial charge in [-0.1, -0.05) is 177 Å². The van der Waals surface area contributed by atoms with Crippen molar-refractivity contribution in [3.63, 3.8) is 0 Å². The molecule has 12 rings (SSSR count). The van der Waals surface area contributed by atoms with Gasteiger partial charge in [-0.05, 0) is 116 Å². The first-order chi connectivity index (χ1) is 29.2. The number of nitrogens with zero attached hydrogens (tertiary/aromatic N) is 2. The third kappa shape index (κ3) is 5.33. The Balaban J connectivity index is 0.928. The molecular weight excluding hydrogens is 713 g/mol. The van der Waals surface area contributed by atoms with Crippen LogP contribution >= 0.6 is 0 Å². The molecule has 4 aliphatic rings. The van der Waals surface area contributed by atoms with Crippen LogP contribution in [0, 0.1) is 0 Å². The number of benzene rings is 8. The number of fused-ring (bicyclic) bond motifs is 10. The van der Waals surface area contributed by atoms with Crippen LogP contribution in [-0.2, 0) is 5.41 Å². The van der Waals surface area contributed by atoms with E-state index in [-0.39, 0.29) is 5.41 Å². The average molecular weight is 755 g/mol. The van der Waals surface area contributed by atoms with E-state index in [1.165, 1.54) is 126 Å². The number of hydrogen-bond donors (Lipinski definition) is 0. The van der Waals surface area contributed by atoms with E-state index in [0.29, 0.717) is 0 Å². The van der Waals surface area contributed by atoms with E-state index in [9.17, 15) is 0 Å². The molecular formula is C57H42N2. The summed E-state index contributed by atoms with van der Waals surface area (Å²) in [7, 11) is 0. The lowest BCUT2D eigenvalue weighted by atomic mass is 9.76. The second-order valence-corrected chi connectivity index (χ2v) is 16.4. The molecule has 0 aromatic heterocycles. The maximum atomic E-state index is 2.53. The highest BCUT2D eigenvalue weighted by Gasteiger charge is 2.45. The lowest BCUT2D eigenvalue weighted by Crippen LogP contribution is -2.21. The summed E-state index contributed by atoms with van der Waals surface area (Å²) in [5.74, 6) is 0. The summed E-state index contributed by atoms with van der Waals surface area (Å²) in [6.07, 6.45) is 18.5. The van der Waals surface area contributed by atoms with Crippen molar-refractivity contribution in [2.45, 2.75) is 31.1 Å². The van der Waals surface area contributed by atoms with Crippen molar-refractivity contribution in [3.05, 3.63) is 214 Å². The summed E-state index contributed by atoms with van der Waals surface area (Å²) in [6.45, 7) is 0. The van der Waals surface area contributed by atoms with Gasteiger partial charge in [0.15, 0.2) is 0 Å². The minimum Gasteiger partial charge on any atom is -0.309 e. The van der Waals surface area contributed by atoms with Crippen molar-refractivity contribution < 1.29 is 0 Å². The van der Waals surface area contributed by atoms with E-state index >= 15 is 0 Å². The average Bonchev–Trinajstić information content (AvgIpc) is 3.78. The zero-order valence-corrected chi connectivity index (χ0v) is 32.9. The van der Waals surface area contributed by atoms with Crippen LogP contribution < -0.4 is 9.80 Å². The first-order valence-electron chi connectivity index (χ1n) is 21.1. The van der Waals surface area contributed by atoms with E-state index in [1.807, 2.05) is 0 Å². The summed E-state index contributed by atoms with van der Waals surface area (Å²) in [5, 5.41) is 2.48. The van der Waals surface area contributed by atoms with Gasteiger partial charge in [0.1, 0.15) is 0 Å². The molecule has 1 saturated carbocycles. The van der Waals surface area contributed by atoms with Crippen LogP contribution in [-0.4, -0.2) is 0 Å². The highest BCUT2D eigenvalue weighted by atomic mass is 15.2. The van der Waals surface area contributed by atoms with Gasteiger partial charge in [-0.15, -0.1) is 0 Å². The molecule has 0 bridgehead atoms. The molecule has 2 nitrogen and oxygen atoms in total. The van der Waals surface area contributed by atoms with Gasteiger partial charge in [0.25, 0.3) is 0 Å². The Labute approximate surface area is 346 Å². The van der Waals surface area contributed by atoms with Gasteiger partial charge in [-0.25, -0.2) is 0 Å². The highest BCUT2D eigenvalue weighted by Crippen LogP contribution is 2.58. The number of para-hydroxylation sites is 4. The summed E-state index contributed by atoms with van der Waals surface area (Å²) < 4.78 is 0. The van der Waals surface area contributed by atoms with Gasteiger partial charge in [0.05, 0.1) is 28.4 Å². The Morgan fingerprint density at radius 1 is 0.390 bits per heavy atom. The molecule has 2 aliphatic carbocycles. The number of anilines is 6. The second kappa shape index (κ2) is 13.5. The van der Waals surface area contributed by atoms with E-state index in [2.05, 4.69) is 216 Å². The first-order valence-corrected chi connectivity index (χ1v) is 21.1. The minimum absolute atomic E-state index is 0.0244. The van der Waals surface area contributed by atoms with Gasteiger partial charge >= 0.3 is 0 Å². The standard InChI is InChI=1S/C57H42N2/c1-7-19-52-41(13-1)26-27-42-14-2-8-20-53(42)58(52)45-31-33-48-47-32-24-39(37-50(47)57(51(48)38-45)35-11-12-36-57)23-25-40-30-34-56(49-18-6-5-17-46(40)49)59-54-21-9-3-15-43(54)28-29-44-16-4-10-22-55(44)59/h1-10,13-34,37-38H,11-12,35-36H2/b25-23+. The van der Waals surface area contributed by atoms with E-state index in [0.717, 1.165) is 0 Å². The lowest BCUT2D eigenvalue weighted by Gasteiger charge is -2.30. The number of hydrogen-bond acceptors (Lipinski definition) is 2. The predicted molar refractivity (Wildman–Crippen MR) is 251 cm³/mol. The Hall–Kier alpha value is -7.16. The van der Waals surface area contributed by atoms with Crippen LogP contribution in [0.15, 0.2) is 170 Å². The molecule has 2 heteroatoms. The largest absolute Gasteiger partial charge is 0.309 e. The Kier molecular flexibility index (Phi) is 7.74. The molecule has 2 heterocycles. The van der Waals surface area contributed by atoms with E-state index in [4.69, 9.17) is 0 Å². The Morgan fingerprint density at radius 3 is 1.47 bits per heavy atom. The normalized spacial score (nSPS) is 15.4. The van der Waals surface area contributed by atoms with Crippen LogP contribution in [0.4, 0.5) is 34.1 Å². The van der Waals surface area contributed by atoms with Crippen LogP contribution in [0.1, 0.15) is 70.2 Å². The maximum Gasteiger partial charge on any atom is 0.0540 e. The van der Waals surface area contributed by atoms with Crippen molar-refractivity contribution in [2.24, 2.45) is 0 Å². The molecule has 0 amide bonds. The van der Waals surface area contributed by atoms with Gasteiger partial charge in [-0.3, -0.25) is 0 Å². The van der Waals surface area contributed by atoms with Gasteiger partial charge in [0, 0.05) is 16.5 Å². The fraction of sp³-hybridized carbons (Fsp3) is 0.0877. The Morgan fingerprint density at radius 2 is 0.881 bits per heavy atom. The first kappa shape index (κ1) is 33.9. The fourth-order valence-electron chi connectivity index (χ4n) is 10.6. The third-order valence-electron chi connectivity index (χ3n) is 13.3. The van der Waals surface area contributed by atoms with Crippen molar-refractivity contribution in [3.8, 4) is 11.1 Å². The SMILES string of the molecule is C1=Cc2ccccc2N(c2ccc3c(c2)C2(CCCC2)c2cc(/C=C/c4ccc(N5c6ccccc6C=Cc6ccccc65)c5ccccc45)ccc2-3)c2ccccc21. The smallest absolute Gasteiger partial charge is 0.0540 e. The fourth-order valence-corrected chi connectivity index (χ4v) is 10.6. The summed E-state index contributed by atoms with van der Waals surface area (Å²) in [6, 6.07) is 63.0. The minimum atomic E-state index is 0.0244. The zero-order chi connectivity index (χ0) is 38.9. The zero-order valence-electron chi connectivity index (χ0n) is 32.9. The molecule has 1 spiro atoms. The van der Waals surface area contributed by atoms with Crippen molar-refractivity contribution in [2.75, 3.05) is 9.80 Å². The predicted octanol–water partition coefficient (Wildman–Crippen LogP) is 15.8. The third-order valence-corrected chi connectivity index (χ3v) is 13.3. The Bertz CT molecular complexity index is 2980. The van der Waals surface area contributed by atoms with Crippen molar-refractivity contribution in [1.29, 1.82) is 0 Å². The molecule has 0 saturated heterocycles. The van der Waals surface area contributed by atoms with Gasteiger partial charge in [-0.2, -0.15) is 0 Å². The highest BCUT2D eigenvalue weighted by molar-refractivity contribution is 6.06. The van der Waals surface area contributed by atoms with Crippen molar-refractivity contribution >= 4 is 81.4 Å². The topological polar surface area (TPSA) is 6.48 Å². The van der Waals surface area contributed by atoms with Crippen LogP contribution in [0.25, 0.3) is 58.4 Å². The molecule has 59 heavy (non-hydrogen) atoms. The van der Waals surface area contributed by atoms with E-state index < -0.39 is 0 Å². The second-order valence-electron chi connectivity index (χ2n) is 16.4. The van der Waals surface area contributed by atoms with Crippen LogP contribution in [0.2, 0.25) is 0 Å². The molecule has 0 atom stereocenters. The maximum absolute atomic E-state index is 2.53. The van der Waals surface area contributed by atoms with E-state index in [1.54, 1.807) is 0 Å². The molecule has 8 aromatic rings. The molecule has 0 radical (unpaired) electrons. The van der Waals surface area contributed by atoms with Crippen LogP contribution in [0.3, 0.4) is 0 Å². The monoisotopic (exact) mass is 754 g/mol. The molecule has 0 unspecified atom stereocenters. The summed E-state index contributed by atoms with van der Waals surface area (Å²) in [5.41, 5.74) is 20.4. The summed E-state index contributed by atoms with van der Waals surface area (Å²) >= 11 is 0. The van der Waals surface area contributed by atoms with Crippen LogP contribution in [0.5, 0.6) is 0 Å². The lowest BCUT2D eigenvalue weighted by molar-refractivity contribution is 0.550. The molecule has 0 N–H and O–H groups in total. The molecule has 1 fully saturated rings. The quantitative estimate of drug-likeness (QED) is 0.165.